The monoisotopic (exact) mass is 190 g/mol. The number of aromatic amines is 1. The van der Waals surface area contributed by atoms with Crippen LogP contribution in [0.3, 0.4) is 0 Å². The van der Waals surface area contributed by atoms with Gasteiger partial charge in [0.2, 0.25) is 0 Å². The molecule has 0 fully saturated rings. The summed E-state index contributed by atoms with van der Waals surface area (Å²) < 4.78 is 0. The van der Waals surface area contributed by atoms with E-state index in [1.165, 1.54) is 0 Å². The summed E-state index contributed by atoms with van der Waals surface area (Å²) in [4.78, 5) is 7.82. The van der Waals surface area contributed by atoms with E-state index in [0.717, 1.165) is 16.5 Å². The molecule has 0 spiro atoms. The molecule has 1 N–H and O–H groups in total. The number of rotatable bonds is 2. The number of H-pyrrole nitrogens is 1. The first-order valence-electron chi connectivity index (χ1n) is 5.04. The highest BCUT2D eigenvalue weighted by Crippen LogP contribution is 2.03. The third kappa shape index (κ3) is 2.34. The first-order valence-corrected chi connectivity index (χ1v) is 5.04. The number of aromatic nitrogens is 2. The van der Waals surface area contributed by atoms with Crippen molar-refractivity contribution in [3.63, 3.8) is 0 Å². The zero-order chi connectivity index (χ0) is 10.6. The summed E-state index contributed by atoms with van der Waals surface area (Å²) in [6, 6.07) is 0. The van der Waals surface area contributed by atoms with E-state index in [9.17, 15) is 0 Å². The fourth-order valence-electron chi connectivity index (χ4n) is 1.23. The normalized spacial score (nSPS) is 14.9. The fraction of sp³-hybridized carbons (Fsp3) is 0.417. The Kier molecular flexibility index (Phi) is 3.69. The maximum absolute atomic E-state index is 4.50. The van der Waals surface area contributed by atoms with Crippen LogP contribution >= 0.6 is 0 Å². The molecular weight excluding hydrogens is 172 g/mol. The predicted molar refractivity (Wildman–Crippen MR) is 61.3 cm³/mol. The van der Waals surface area contributed by atoms with Gasteiger partial charge in [-0.3, -0.25) is 0 Å². The van der Waals surface area contributed by atoms with E-state index in [0.29, 0.717) is 5.92 Å². The van der Waals surface area contributed by atoms with Crippen LogP contribution in [0.1, 0.15) is 39.4 Å². The average Bonchev–Trinajstić information content (AvgIpc) is 2.57. The summed E-state index contributed by atoms with van der Waals surface area (Å²) in [5, 5.41) is 2.13. The van der Waals surface area contributed by atoms with Gasteiger partial charge in [-0.15, -0.1) is 0 Å². The van der Waals surface area contributed by atoms with Crippen molar-refractivity contribution in [2.75, 3.05) is 0 Å². The zero-order valence-electron chi connectivity index (χ0n) is 9.33. The van der Waals surface area contributed by atoms with Crippen LogP contribution in [0.5, 0.6) is 0 Å². The Hall–Kier alpha value is -1.31. The molecule has 0 atom stereocenters. The number of hydrogen-bond acceptors (Lipinski definition) is 1. The lowest BCUT2D eigenvalue weighted by Crippen LogP contribution is -2.23. The molecule has 1 aromatic rings. The molecule has 1 rings (SSSR count). The number of allylic oxidation sites excluding steroid dienone is 2. The molecule has 0 aliphatic heterocycles. The Balaban J connectivity index is 3.30. The standard InChI is InChI=1S/C12H18N2/c1-5-7-8-11-10(6-2)13-12(14-11)9(3)4/h5-9H,1-4H3,(H,13,14)/b7-5-,10-6+,11-8+. The van der Waals surface area contributed by atoms with Gasteiger partial charge in [-0.1, -0.05) is 32.1 Å². The highest BCUT2D eigenvalue weighted by atomic mass is 14.9. The fourth-order valence-corrected chi connectivity index (χ4v) is 1.23. The molecule has 0 saturated heterocycles. The molecule has 0 radical (unpaired) electrons. The van der Waals surface area contributed by atoms with Crippen LogP contribution in [0.15, 0.2) is 12.2 Å². The molecule has 2 heteroatoms. The maximum atomic E-state index is 4.50. The molecule has 1 aromatic heterocycles. The second kappa shape index (κ2) is 4.80. The van der Waals surface area contributed by atoms with Gasteiger partial charge >= 0.3 is 0 Å². The van der Waals surface area contributed by atoms with E-state index in [-0.39, 0.29) is 0 Å². The minimum absolute atomic E-state index is 0.446. The Morgan fingerprint density at radius 1 is 1.29 bits per heavy atom. The molecule has 1 heterocycles. The Morgan fingerprint density at radius 2 is 2.00 bits per heavy atom. The maximum Gasteiger partial charge on any atom is 0.109 e. The predicted octanol–water partition coefficient (Wildman–Crippen LogP) is 1.69. The van der Waals surface area contributed by atoms with Gasteiger partial charge in [-0.25, -0.2) is 4.98 Å². The third-order valence-corrected chi connectivity index (χ3v) is 2.06. The van der Waals surface area contributed by atoms with Gasteiger partial charge < -0.3 is 4.98 Å². The van der Waals surface area contributed by atoms with Crippen LogP contribution in [-0.4, -0.2) is 9.97 Å². The Labute approximate surface area is 85.1 Å². The molecule has 0 bridgehead atoms. The molecule has 0 saturated carbocycles. The van der Waals surface area contributed by atoms with Crippen LogP contribution in [0, 0.1) is 0 Å². The average molecular weight is 190 g/mol. The second-order valence-electron chi connectivity index (χ2n) is 3.56. The highest BCUT2D eigenvalue weighted by molar-refractivity contribution is 5.35. The van der Waals surface area contributed by atoms with Crippen LogP contribution in [0.2, 0.25) is 0 Å². The Morgan fingerprint density at radius 3 is 2.50 bits per heavy atom. The summed E-state index contributed by atoms with van der Waals surface area (Å²) in [6.07, 6.45) is 8.10. The summed E-state index contributed by atoms with van der Waals surface area (Å²) in [7, 11) is 0. The van der Waals surface area contributed by atoms with Gasteiger partial charge in [0.15, 0.2) is 0 Å². The zero-order valence-corrected chi connectivity index (χ0v) is 9.33. The first kappa shape index (κ1) is 10.8. The summed E-state index contributed by atoms with van der Waals surface area (Å²) in [5.41, 5.74) is 0. The molecule has 0 aliphatic carbocycles. The molecule has 76 valence electrons. The number of imidazole rings is 1. The van der Waals surface area contributed by atoms with Gasteiger partial charge in [-0.05, 0) is 19.9 Å². The lowest BCUT2D eigenvalue weighted by atomic mass is 10.2. The molecule has 2 nitrogen and oxygen atoms in total. The number of nitrogens with zero attached hydrogens (tertiary/aromatic N) is 1. The van der Waals surface area contributed by atoms with Crippen molar-refractivity contribution in [3.05, 3.63) is 28.7 Å². The second-order valence-corrected chi connectivity index (χ2v) is 3.56. The van der Waals surface area contributed by atoms with Gasteiger partial charge in [0.05, 0.1) is 10.7 Å². The van der Waals surface area contributed by atoms with E-state index >= 15 is 0 Å². The minimum Gasteiger partial charge on any atom is -0.342 e. The molecule has 0 aromatic carbocycles. The van der Waals surface area contributed by atoms with Crippen molar-refractivity contribution in [1.29, 1.82) is 0 Å². The first-order chi connectivity index (χ1) is 6.69. The largest absolute Gasteiger partial charge is 0.342 e. The van der Waals surface area contributed by atoms with Crippen LogP contribution in [-0.2, 0) is 0 Å². The van der Waals surface area contributed by atoms with Gasteiger partial charge in [0.1, 0.15) is 5.82 Å². The van der Waals surface area contributed by atoms with E-state index in [4.69, 9.17) is 0 Å². The van der Waals surface area contributed by atoms with Crippen LogP contribution < -0.4 is 10.7 Å². The smallest absolute Gasteiger partial charge is 0.109 e. The molecule has 0 aliphatic rings. The van der Waals surface area contributed by atoms with E-state index in [1.807, 2.05) is 38.2 Å². The summed E-state index contributed by atoms with van der Waals surface area (Å²) in [6.45, 7) is 8.29. The van der Waals surface area contributed by atoms with E-state index in [2.05, 4.69) is 23.8 Å². The topological polar surface area (TPSA) is 28.7 Å². The summed E-state index contributed by atoms with van der Waals surface area (Å²) in [5.74, 6) is 1.50. The van der Waals surface area contributed by atoms with Crippen molar-refractivity contribution in [2.45, 2.75) is 33.6 Å². The van der Waals surface area contributed by atoms with Gasteiger partial charge in [0.25, 0.3) is 0 Å². The van der Waals surface area contributed by atoms with Crippen molar-refractivity contribution in [2.24, 2.45) is 0 Å². The lowest BCUT2D eigenvalue weighted by Gasteiger charge is -1.95. The quantitative estimate of drug-likeness (QED) is 0.755. The lowest BCUT2D eigenvalue weighted by molar-refractivity contribution is 0.790. The number of hydrogen-bond donors (Lipinski definition) is 1. The van der Waals surface area contributed by atoms with Gasteiger partial charge in [0, 0.05) is 5.92 Å². The SMILES string of the molecule is C\C=C/C=c1/[nH]c(C(C)C)n/c1=C/C. The minimum atomic E-state index is 0.446. The summed E-state index contributed by atoms with van der Waals surface area (Å²) >= 11 is 0. The van der Waals surface area contributed by atoms with Crippen molar-refractivity contribution in [3.8, 4) is 0 Å². The van der Waals surface area contributed by atoms with E-state index < -0.39 is 0 Å². The Bertz CT molecular complexity index is 422. The van der Waals surface area contributed by atoms with Crippen molar-refractivity contribution < 1.29 is 0 Å². The van der Waals surface area contributed by atoms with Crippen LogP contribution in [0.4, 0.5) is 0 Å². The molecule has 0 amide bonds. The molecule has 0 unspecified atom stereocenters. The van der Waals surface area contributed by atoms with Crippen molar-refractivity contribution in [1.82, 2.24) is 9.97 Å². The van der Waals surface area contributed by atoms with Gasteiger partial charge in [-0.2, -0.15) is 0 Å². The molecule has 14 heavy (non-hydrogen) atoms. The van der Waals surface area contributed by atoms with Crippen LogP contribution in [0.25, 0.3) is 12.2 Å². The number of nitrogens with one attached hydrogen (secondary N) is 1. The van der Waals surface area contributed by atoms with E-state index in [1.54, 1.807) is 0 Å². The van der Waals surface area contributed by atoms with Crippen molar-refractivity contribution >= 4 is 12.2 Å². The third-order valence-electron chi connectivity index (χ3n) is 2.06. The highest BCUT2D eigenvalue weighted by Gasteiger charge is 2.01. The molecular formula is C12H18N2.